The van der Waals surface area contributed by atoms with Gasteiger partial charge in [-0.25, -0.2) is 17.5 Å². The molecular weight excluding hydrogens is 441 g/mol. The summed E-state index contributed by atoms with van der Waals surface area (Å²) in [5, 5.41) is 6.39. The average molecular weight is 474 g/mol. The Balaban J connectivity index is 1.30. The Morgan fingerprint density at radius 3 is 2.45 bits per heavy atom. The fourth-order valence-corrected chi connectivity index (χ4v) is 6.08. The van der Waals surface area contributed by atoms with Crippen LogP contribution in [0.25, 0.3) is 0 Å². The first-order valence-corrected chi connectivity index (χ1v) is 13.2. The molecule has 2 aliphatic rings. The van der Waals surface area contributed by atoms with Gasteiger partial charge in [0, 0.05) is 23.7 Å². The van der Waals surface area contributed by atoms with Crippen molar-refractivity contribution in [3.63, 3.8) is 0 Å². The van der Waals surface area contributed by atoms with E-state index in [9.17, 15) is 17.6 Å². The van der Waals surface area contributed by atoms with Gasteiger partial charge >= 0.3 is 0 Å². The van der Waals surface area contributed by atoms with Gasteiger partial charge in [0.25, 0.3) is 0 Å². The van der Waals surface area contributed by atoms with E-state index in [2.05, 4.69) is 22.3 Å². The SMILES string of the molecule is CC1CCc2cc(S(=O)(=O)N[C@H]3CC[C@H](C(=O)N[C@H](C)c4ccc(F)cc4)CC3)ccc2N1. The highest BCUT2D eigenvalue weighted by Gasteiger charge is 2.30. The molecule has 1 aliphatic heterocycles. The minimum Gasteiger partial charge on any atom is -0.382 e. The molecule has 0 bridgehead atoms. The van der Waals surface area contributed by atoms with Gasteiger partial charge in [0.15, 0.2) is 0 Å². The van der Waals surface area contributed by atoms with Crippen LogP contribution in [0.5, 0.6) is 0 Å². The van der Waals surface area contributed by atoms with Gasteiger partial charge in [-0.15, -0.1) is 0 Å². The lowest BCUT2D eigenvalue weighted by atomic mass is 9.85. The number of anilines is 1. The second-order valence-electron chi connectivity index (χ2n) is 9.35. The average Bonchev–Trinajstić information content (AvgIpc) is 2.79. The van der Waals surface area contributed by atoms with Gasteiger partial charge in [-0.3, -0.25) is 4.79 Å². The number of rotatable bonds is 6. The predicted octanol–water partition coefficient (Wildman–Crippen LogP) is 4.29. The van der Waals surface area contributed by atoms with Crippen molar-refractivity contribution in [2.75, 3.05) is 5.32 Å². The monoisotopic (exact) mass is 473 g/mol. The highest BCUT2D eigenvalue weighted by atomic mass is 32.2. The molecule has 0 saturated heterocycles. The molecule has 0 aromatic heterocycles. The van der Waals surface area contributed by atoms with E-state index in [4.69, 9.17) is 0 Å². The van der Waals surface area contributed by atoms with Gasteiger partial charge in [-0.05, 0) is 93.8 Å². The third-order valence-electron chi connectivity index (χ3n) is 6.78. The number of carbonyl (C=O) groups is 1. The van der Waals surface area contributed by atoms with E-state index in [-0.39, 0.29) is 29.7 Å². The number of benzene rings is 2. The zero-order valence-corrected chi connectivity index (χ0v) is 19.9. The van der Waals surface area contributed by atoms with E-state index >= 15 is 0 Å². The van der Waals surface area contributed by atoms with E-state index in [1.807, 2.05) is 13.0 Å². The molecule has 3 N–H and O–H groups in total. The predicted molar refractivity (Wildman–Crippen MR) is 127 cm³/mol. The van der Waals surface area contributed by atoms with Crippen molar-refractivity contribution in [3.05, 3.63) is 59.4 Å². The molecule has 0 spiro atoms. The molecule has 0 radical (unpaired) electrons. The van der Waals surface area contributed by atoms with Crippen LogP contribution in [0.1, 0.15) is 63.1 Å². The van der Waals surface area contributed by atoms with Crippen molar-refractivity contribution in [1.82, 2.24) is 10.0 Å². The van der Waals surface area contributed by atoms with Gasteiger partial charge in [0.1, 0.15) is 5.82 Å². The van der Waals surface area contributed by atoms with Gasteiger partial charge in [0.05, 0.1) is 10.9 Å². The number of fused-ring (bicyclic) bond motifs is 1. The van der Waals surface area contributed by atoms with E-state index in [0.29, 0.717) is 36.6 Å². The maximum atomic E-state index is 13.1. The Morgan fingerprint density at radius 1 is 1.06 bits per heavy atom. The molecule has 33 heavy (non-hydrogen) atoms. The van der Waals surface area contributed by atoms with Crippen LogP contribution in [-0.4, -0.2) is 26.4 Å². The number of aryl methyl sites for hydroxylation is 1. The molecular formula is C25H32FN3O3S. The van der Waals surface area contributed by atoms with Crippen molar-refractivity contribution in [3.8, 4) is 0 Å². The molecule has 1 unspecified atom stereocenters. The van der Waals surface area contributed by atoms with Crippen LogP contribution in [0.2, 0.25) is 0 Å². The molecule has 1 heterocycles. The lowest BCUT2D eigenvalue weighted by Crippen LogP contribution is -2.41. The maximum Gasteiger partial charge on any atom is 0.240 e. The van der Waals surface area contributed by atoms with E-state index in [0.717, 1.165) is 29.7 Å². The molecule has 178 valence electrons. The molecule has 2 atom stereocenters. The van der Waals surface area contributed by atoms with Crippen molar-refractivity contribution in [2.45, 2.75) is 75.4 Å². The second-order valence-corrected chi connectivity index (χ2v) is 11.1. The number of halogens is 1. The normalized spacial score (nSPS) is 23.8. The Kier molecular flexibility index (Phi) is 7.05. The highest BCUT2D eigenvalue weighted by Crippen LogP contribution is 2.29. The van der Waals surface area contributed by atoms with Gasteiger partial charge < -0.3 is 10.6 Å². The quantitative estimate of drug-likeness (QED) is 0.584. The van der Waals surface area contributed by atoms with Gasteiger partial charge in [0.2, 0.25) is 15.9 Å². The number of nitrogens with one attached hydrogen (secondary N) is 3. The largest absolute Gasteiger partial charge is 0.382 e. The lowest BCUT2D eigenvalue weighted by Gasteiger charge is -2.29. The Labute approximate surface area is 195 Å². The number of hydrogen-bond acceptors (Lipinski definition) is 4. The van der Waals surface area contributed by atoms with E-state index in [1.165, 1.54) is 12.1 Å². The van der Waals surface area contributed by atoms with Gasteiger partial charge in [-0.2, -0.15) is 0 Å². The fraction of sp³-hybridized carbons (Fsp3) is 0.480. The summed E-state index contributed by atoms with van der Waals surface area (Å²) in [4.78, 5) is 13.0. The second kappa shape index (κ2) is 9.81. The van der Waals surface area contributed by atoms with Gasteiger partial charge in [-0.1, -0.05) is 12.1 Å². The molecule has 8 heteroatoms. The third-order valence-corrected chi connectivity index (χ3v) is 8.30. The minimum atomic E-state index is -3.61. The summed E-state index contributed by atoms with van der Waals surface area (Å²) in [5.41, 5.74) is 2.89. The first-order chi connectivity index (χ1) is 15.7. The maximum absolute atomic E-state index is 13.1. The van der Waals surface area contributed by atoms with Crippen LogP contribution in [0.3, 0.4) is 0 Å². The summed E-state index contributed by atoms with van der Waals surface area (Å²) in [5.74, 6) is -0.491. The van der Waals surface area contributed by atoms with Crippen LogP contribution in [0.4, 0.5) is 10.1 Å². The summed E-state index contributed by atoms with van der Waals surface area (Å²) < 4.78 is 41.9. The Bertz CT molecular complexity index is 1100. The van der Waals surface area contributed by atoms with Crippen LogP contribution in [-0.2, 0) is 21.2 Å². The zero-order valence-electron chi connectivity index (χ0n) is 19.1. The molecule has 2 aromatic rings. The van der Waals surface area contributed by atoms with Crippen LogP contribution < -0.4 is 15.4 Å². The zero-order chi connectivity index (χ0) is 23.6. The van der Waals surface area contributed by atoms with E-state index in [1.54, 1.807) is 24.3 Å². The van der Waals surface area contributed by atoms with Crippen molar-refractivity contribution < 1.29 is 17.6 Å². The van der Waals surface area contributed by atoms with Crippen LogP contribution in [0, 0.1) is 11.7 Å². The molecule has 6 nitrogen and oxygen atoms in total. The summed E-state index contributed by atoms with van der Waals surface area (Å²) in [7, 11) is -3.61. The summed E-state index contributed by atoms with van der Waals surface area (Å²) >= 11 is 0. The topological polar surface area (TPSA) is 87.3 Å². The summed E-state index contributed by atoms with van der Waals surface area (Å²) in [6.07, 6.45) is 4.33. The first kappa shape index (κ1) is 23.7. The first-order valence-electron chi connectivity index (χ1n) is 11.7. The standard InChI is InChI=1S/C25H32FN3O3S/c1-16-3-4-20-15-23(13-14-24(20)27-16)33(31,32)29-22-11-7-19(8-12-22)25(30)28-17(2)18-5-9-21(26)10-6-18/h5-6,9-10,13-17,19,22,27,29H,3-4,7-8,11-12H2,1-2H3,(H,28,30)/t16?,17-,19-,22-/m1/s1. The molecule has 1 saturated carbocycles. The third kappa shape index (κ3) is 5.73. The fourth-order valence-electron chi connectivity index (χ4n) is 4.72. The van der Waals surface area contributed by atoms with Crippen LogP contribution >= 0.6 is 0 Å². The highest BCUT2D eigenvalue weighted by molar-refractivity contribution is 7.89. The molecule has 1 aliphatic carbocycles. The molecule has 1 fully saturated rings. The lowest BCUT2D eigenvalue weighted by molar-refractivity contribution is -0.126. The number of sulfonamides is 1. The van der Waals surface area contributed by atoms with Crippen molar-refractivity contribution in [2.24, 2.45) is 5.92 Å². The van der Waals surface area contributed by atoms with Crippen molar-refractivity contribution >= 4 is 21.6 Å². The summed E-state index contributed by atoms with van der Waals surface area (Å²) in [6, 6.07) is 11.4. The Morgan fingerprint density at radius 2 is 1.76 bits per heavy atom. The number of hydrogen-bond donors (Lipinski definition) is 3. The van der Waals surface area contributed by atoms with Crippen molar-refractivity contribution in [1.29, 1.82) is 0 Å². The minimum absolute atomic E-state index is 0.0375. The van der Waals surface area contributed by atoms with Crippen LogP contribution in [0.15, 0.2) is 47.4 Å². The smallest absolute Gasteiger partial charge is 0.240 e. The van der Waals surface area contributed by atoms with E-state index < -0.39 is 10.0 Å². The molecule has 1 amide bonds. The molecule has 4 rings (SSSR count). The number of carbonyl (C=O) groups excluding carboxylic acids is 1. The number of amides is 1. The Hall–Kier alpha value is -2.45. The molecule has 2 aromatic carbocycles. The summed E-state index contributed by atoms with van der Waals surface area (Å²) in [6.45, 7) is 3.99.